The van der Waals surface area contributed by atoms with Crippen LogP contribution in [-0.2, 0) is 6.42 Å². The molecule has 0 amide bonds. The second-order valence-electron chi connectivity index (χ2n) is 4.95. The second kappa shape index (κ2) is 5.26. The Morgan fingerprint density at radius 1 is 1.10 bits per heavy atom. The van der Waals surface area contributed by atoms with Crippen LogP contribution < -0.4 is 5.43 Å². The number of nitro benzene ring substituents is 1. The molecule has 0 radical (unpaired) electrons. The van der Waals surface area contributed by atoms with Crippen LogP contribution in [-0.4, -0.2) is 4.92 Å². The molecule has 3 aromatic rings. The van der Waals surface area contributed by atoms with Crippen molar-refractivity contribution in [1.29, 1.82) is 0 Å². The normalized spacial score (nSPS) is 11.1. The fourth-order valence-corrected chi connectivity index (χ4v) is 3.53. The van der Waals surface area contributed by atoms with Crippen molar-refractivity contribution in [1.82, 2.24) is 0 Å². The topological polar surface area (TPSA) is 60.2 Å². The number of nitrogens with zero attached hydrogens (tertiary/aromatic N) is 1. The Kier molecular flexibility index (Phi) is 3.43. The highest BCUT2D eigenvalue weighted by atomic mass is 32.1. The van der Waals surface area contributed by atoms with Crippen molar-refractivity contribution in [2.45, 2.75) is 19.8 Å². The monoisotopic (exact) mass is 299 g/mol. The molecule has 0 saturated heterocycles. The Labute approximate surface area is 124 Å². The Morgan fingerprint density at radius 3 is 2.62 bits per heavy atom. The summed E-state index contributed by atoms with van der Waals surface area (Å²) >= 11 is 1.42. The van der Waals surface area contributed by atoms with E-state index in [1.807, 2.05) is 18.2 Å². The maximum Gasteiger partial charge on any atom is 0.270 e. The third-order valence-electron chi connectivity index (χ3n) is 3.47. The van der Waals surface area contributed by atoms with Crippen LogP contribution in [0.2, 0.25) is 0 Å². The molecule has 0 aliphatic rings. The van der Waals surface area contributed by atoms with Crippen molar-refractivity contribution in [3.8, 4) is 0 Å². The van der Waals surface area contributed by atoms with Gasteiger partial charge in [-0.1, -0.05) is 19.4 Å². The summed E-state index contributed by atoms with van der Waals surface area (Å²) in [5, 5.41) is 12.1. The number of benzene rings is 2. The highest BCUT2D eigenvalue weighted by Gasteiger charge is 2.11. The summed E-state index contributed by atoms with van der Waals surface area (Å²) in [7, 11) is 0. The summed E-state index contributed by atoms with van der Waals surface area (Å²) in [6, 6.07) is 10.3. The lowest BCUT2D eigenvalue weighted by Gasteiger charge is -2.04. The van der Waals surface area contributed by atoms with Gasteiger partial charge in [0.15, 0.2) is 5.43 Å². The van der Waals surface area contributed by atoms with Gasteiger partial charge in [0.25, 0.3) is 5.69 Å². The Bertz CT molecular complexity index is 914. The molecule has 0 aliphatic heterocycles. The molecule has 0 spiro atoms. The van der Waals surface area contributed by atoms with Crippen LogP contribution in [0, 0.1) is 10.1 Å². The standard InChI is InChI=1S/C16H13NO3S/c1-2-3-10-4-7-14-13(8-10)16(18)12-6-5-11(17(19)20)9-15(12)21-14/h4-9H,2-3H2,1H3. The van der Waals surface area contributed by atoms with Crippen LogP contribution >= 0.6 is 11.3 Å². The minimum atomic E-state index is -0.439. The lowest BCUT2D eigenvalue weighted by Crippen LogP contribution is -2.02. The smallest absolute Gasteiger partial charge is 0.270 e. The Morgan fingerprint density at radius 2 is 1.90 bits per heavy atom. The Hall–Kier alpha value is -2.27. The molecule has 0 bridgehead atoms. The van der Waals surface area contributed by atoms with E-state index in [-0.39, 0.29) is 11.1 Å². The SMILES string of the molecule is CCCc1ccc2sc3cc([N+](=O)[O-])ccc3c(=O)c2c1. The van der Waals surface area contributed by atoms with Crippen molar-refractivity contribution in [3.05, 3.63) is 62.3 Å². The van der Waals surface area contributed by atoms with E-state index in [2.05, 4.69) is 6.92 Å². The van der Waals surface area contributed by atoms with Gasteiger partial charge in [-0.2, -0.15) is 0 Å². The summed E-state index contributed by atoms with van der Waals surface area (Å²) in [4.78, 5) is 23.0. The maximum absolute atomic E-state index is 12.6. The van der Waals surface area contributed by atoms with Crippen LogP contribution in [0.1, 0.15) is 18.9 Å². The van der Waals surface area contributed by atoms with Crippen molar-refractivity contribution < 1.29 is 4.92 Å². The van der Waals surface area contributed by atoms with E-state index in [1.165, 1.54) is 23.5 Å². The molecule has 0 fully saturated rings. The van der Waals surface area contributed by atoms with Crippen LogP contribution in [0.15, 0.2) is 41.2 Å². The van der Waals surface area contributed by atoms with Crippen LogP contribution in [0.5, 0.6) is 0 Å². The average Bonchev–Trinajstić information content (AvgIpc) is 2.48. The average molecular weight is 299 g/mol. The zero-order valence-corrected chi connectivity index (χ0v) is 12.3. The van der Waals surface area contributed by atoms with Gasteiger partial charge in [-0.15, -0.1) is 11.3 Å². The quantitative estimate of drug-likeness (QED) is 0.412. The molecule has 21 heavy (non-hydrogen) atoms. The van der Waals surface area contributed by atoms with Gasteiger partial charge >= 0.3 is 0 Å². The number of non-ortho nitro benzene ring substituents is 1. The third kappa shape index (κ3) is 2.40. The first kappa shape index (κ1) is 13.7. The number of fused-ring (bicyclic) bond motifs is 2. The zero-order valence-electron chi connectivity index (χ0n) is 11.5. The molecule has 4 nitrogen and oxygen atoms in total. The first-order valence-corrected chi connectivity index (χ1v) is 7.55. The van der Waals surface area contributed by atoms with E-state index in [0.717, 1.165) is 23.1 Å². The summed E-state index contributed by atoms with van der Waals surface area (Å²) in [5.41, 5.74) is 1.11. The number of rotatable bonds is 3. The predicted molar refractivity (Wildman–Crippen MR) is 86.3 cm³/mol. The van der Waals surface area contributed by atoms with Gasteiger partial charge < -0.3 is 0 Å². The number of hydrogen-bond donors (Lipinski definition) is 0. The number of hydrogen-bond acceptors (Lipinski definition) is 4. The van der Waals surface area contributed by atoms with E-state index >= 15 is 0 Å². The van der Waals surface area contributed by atoms with E-state index in [1.54, 1.807) is 6.07 Å². The van der Waals surface area contributed by atoms with Crippen LogP contribution in [0.4, 0.5) is 5.69 Å². The van der Waals surface area contributed by atoms with Crippen molar-refractivity contribution in [2.24, 2.45) is 0 Å². The second-order valence-corrected chi connectivity index (χ2v) is 6.03. The van der Waals surface area contributed by atoms with Crippen molar-refractivity contribution in [3.63, 3.8) is 0 Å². The largest absolute Gasteiger partial charge is 0.289 e. The molecule has 2 aromatic carbocycles. The van der Waals surface area contributed by atoms with Crippen LogP contribution in [0.25, 0.3) is 20.2 Å². The van der Waals surface area contributed by atoms with Gasteiger partial charge in [-0.3, -0.25) is 14.9 Å². The fourth-order valence-electron chi connectivity index (χ4n) is 2.45. The van der Waals surface area contributed by atoms with Gasteiger partial charge in [-0.25, -0.2) is 0 Å². The highest BCUT2D eigenvalue weighted by molar-refractivity contribution is 7.24. The maximum atomic E-state index is 12.6. The fraction of sp³-hybridized carbons (Fsp3) is 0.188. The van der Waals surface area contributed by atoms with Crippen molar-refractivity contribution >= 4 is 37.2 Å². The molecule has 1 aromatic heterocycles. The summed E-state index contributed by atoms with van der Waals surface area (Å²) in [6.07, 6.45) is 1.97. The van der Waals surface area contributed by atoms with E-state index in [9.17, 15) is 14.9 Å². The number of nitro groups is 1. The molecule has 1 heterocycles. The molecule has 0 atom stereocenters. The molecule has 106 valence electrons. The summed E-state index contributed by atoms with van der Waals surface area (Å²) in [5.74, 6) is 0. The molecular formula is C16H13NO3S. The molecule has 0 unspecified atom stereocenters. The molecule has 0 N–H and O–H groups in total. The molecular weight excluding hydrogens is 286 g/mol. The van der Waals surface area contributed by atoms with Gasteiger partial charge in [0, 0.05) is 32.3 Å². The third-order valence-corrected chi connectivity index (χ3v) is 4.60. The van der Waals surface area contributed by atoms with Gasteiger partial charge in [-0.05, 0) is 30.2 Å². The molecule has 0 aliphatic carbocycles. The Balaban J connectivity index is 2.32. The predicted octanol–water partition coefficient (Wildman–Crippen LogP) is 4.28. The zero-order chi connectivity index (χ0) is 15.0. The first-order chi connectivity index (χ1) is 10.1. The van der Waals surface area contributed by atoms with E-state index in [4.69, 9.17) is 0 Å². The van der Waals surface area contributed by atoms with Gasteiger partial charge in [0.05, 0.1) is 4.92 Å². The van der Waals surface area contributed by atoms with Crippen molar-refractivity contribution in [2.75, 3.05) is 0 Å². The highest BCUT2D eigenvalue weighted by Crippen LogP contribution is 2.28. The summed E-state index contributed by atoms with van der Waals surface area (Å²) in [6.45, 7) is 2.10. The molecule has 3 rings (SSSR count). The molecule has 5 heteroatoms. The van der Waals surface area contributed by atoms with Gasteiger partial charge in [0.1, 0.15) is 0 Å². The first-order valence-electron chi connectivity index (χ1n) is 6.74. The minimum absolute atomic E-state index is 0.0140. The molecule has 0 saturated carbocycles. The van der Waals surface area contributed by atoms with E-state index in [0.29, 0.717) is 15.5 Å². The number of aryl methyl sites for hydroxylation is 1. The summed E-state index contributed by atoms with van der Waals surface area (Å²) < 4.78 is 1.53. The van der Waals surface area contributed by atoms with Crippen LogP contribution in [0.3, 0.4) is 0 Å². The lowest BCUT2D eigenvalue weighted by molar-refractivity contribution is -0.384. The lowest BCUT2D eigenvalue weighted by atomic mass is 10.1. The van der Waals surface area contributed by atoms with E-state index < -0.39 is 4.92 Å². The minimum Gasteiger partial charge on any atom is -0.289 e. The van der Waals surface area contributed by atoms with Gasteiger partial charge in [0.2, 0.25) is 0 Å².